The second kappa shape index (κ2) is 6.70. The van der Waals surface area contributed by atoms with Crippen LogP contribution in [0.2, 0.25) is 0 Å². The third kappa shape index (κ3) is 3.81. The summed E-state index contributed by atoms with van der Waals surface area (Å²) in [5.74, 6) is 0. The maximum absolute atomic E-state index is 12.3. The van der Waals surface area contributed by atoms with Gasteiger partial charge in [0.25, 0.3) is 0 Å². The van der Waals surface area contributed by atoms with Crippen LogP contribution in [-0.2, 0) is 22.9 Å². The van der Waals surface area contributed by atoms with Gasteiger partial charge in [-0.15, -0.1) is 0 Å². The summed E-state index contributed by atoms with van der Waals surface area (Å²) < 4.78 is 27.4. The van der Waals surface area contributed by atoms with Crippen LogP contribution < -0.4 is 10.0 Å². The van der Waals surface area contributed by atoms with Crippen molar-refractivity contribution in [3.05, 3.63) is 35.4 Å². The van der Waals surface area contributed by atoms with Gasteiger partial charge < -0.3 is 5.32 Å². The molecule has 1 aromatic rings. The monoisotopic (exact) mass is 296 g/mol. The van der Waals surface area contributed by atoms with Crippen LogP contribution in [0.3, 0.4) is 0 Å². The Balaban J connectivity index is 1.90. The van der Waals surface area contributed by atoms with Crippen molar-refractivity contribution in [2.75, 3.05) is 13.1 Å². The predicted molar refractivity (Wildman–Crippen MR) is 82.3 cm³/mol. The van der Waals surface area contributed by atoms with E-state index in [0.29, 0.717) is 6.54 Å². The normalized spacial score (nSPS) is 17.1. The minimum Gasteiger partial charge on any atom is -0.315 e. The molecule has 0 aromatic heterocycles. The van der Waals surface area contributed by atoms with Gasteiger partial charge >= 0.3 is 0 Å². The molecule has 1 aliphatic rings. The summed E-state index contributed by atoms with van der Waals surface area (Å²) in [4.78, 5) is 0. The highest BCUT2D eigenvalue weighted by Gasteiger charge is 2.28. The van der Waals surface area contributed by atoms with Crippen molar-refractivity contribution in [1.29, 1.82) is 0 Å². The lowest BCUT2D eigenvalue weighted by atomic mass is 10.1. The topological polar surface area (TPSA) is 58.2 Å². The quantitative estimate of drug-likeness (QED) is 0.749. The first kappa shape index (κ1) is 15.5. The molecule has 2 N–H and O–H groups in total. The highest BCUT2D eigenvalue weighted by molar-refractivity contribution is 7.90. The molecule has 1 aromatic carbocycles. The average molecular weight is 296 g/mol. The van der Waals surface area contributed by atoms with Crippen LogP contribution in [0.15, 0.2) is 24.3 Å². The summed E-state index contributed by atoms with van der Waals surface area (Å²) in [5, 5.41) is 2.76. The molecule has 0 heterocycles. The zero-order valence-electron chi connectivity index (χ0n) is 12.2. The Labute approximate surface area is 122 Å². The van der Waals surface area contributed by atoms with E-state index >= 15 is 0 Å². The van der Waals surface area contributed by atoms with E-state index in [4.69, 9.17) is 0 Å². The third-order valence-corrected chi connectivity index (χ3v) is 5.66. The SMILES string of the molecule is CCCNCC(C)S(=O)(=O)NC1Cc2ccccc2C1. The predicted octanol–water partition coefficient (Wildman–Crippen LogP) is 1.46. The highest BCUT2D eigenvalue weighted by Crippen LogP contribution is 2.22. The standard InChI is InChI=1S/C15H24N2O2S/c1-3-8-16-11-12(2)20(18,19)17-15-9-13-6-4-5-7-14(13)10-15/h4-7,12,15-17H,3,8-11H2,1-2H3. The smallest absolute Gasteiger partial charge is 0.215 e. The third-order valence-electron chi connectivity index (χ3n) is 3.77. The van der Waals surface area contributed by atoms with E-state index in [0.717, 1.165) is 25.8 Å². The van der Waals surface area contributed by atoms with Gasteiger partial charge in [0.05, 0.1) is 5.25 Å². The summed E-state index contributed by atoms with van der Waals surface area (Å²) in [7, 11) is -3.25. The van der Waals surface area contributed by atoms with E-state index in [1.807, 2.05) is 12.1 Å². The Kier molecular flexibility index (Phi) is 5.18. The lowest BCUT2D eigenvalue weighted by Gasteiger charge is -2.18. The lowest BCUT2D eigenvalue weighted by molar-refractivity contribution is 0.536. The van der Waals surface area contributed by atoms with Gasteiger partial charge in [-0.2, -0.15) is 0 Å². The molecule has 0 radical (unpaired) electrons. The van der Waals surface area contributed by atoms with Crippen molar-refractivity contribution >= 4 is 10.0 Å². The number of benzene rings is 1. The molecule has 2 rings (SSSR count). The molecule has 20 heavy (non-hydrogen) atoms. The van der Waals surface area contributed by atoms with Crippen molar-refractivity contribution in [3.63, 3.8) is 0 Å². The van der Waals surface area contributed by atoms with Crippen molar-refractivity contribution < 1.29 is 8.42 Å². The zero-order chi connectivity index (χ0) is 14.6. The molecule has 1 aliphatic carbocycles. The molecule has 0 bridgehead atoms. The van der Waals surface area contributed by atoms with Crippen molar-refractivity contribution in [3.8, 4) is 0 Å². The van der Waals surface area contributed by atoms with Gasteiger partial charge in [-0.1, -0.05) is 31.2 Å². The van der Waals surface area contributed by atoms with Crippen LogP contribution in [0, 0.1) is 0 Å². The van der Waals surface area contributed by atoms with E-state index in [1.54, 1.807) is 6.92 Å². The molecular weight excluding hydrogens is 272 g/mol. The molecule has 112 valence electrons. The van der Waals surface area contributed by atoms with Crippen LogP contribution in [-0.4, -0.2) is 32.8 Å². The van der Waals surface area contributed by atoms with Gasteiger partial charge in [-0.05, 0) is 43.9 Å². The Morgan fingerprint density at radius 1 is 1.25 bits per heavy atom. The van der Waals surface area contributed by atoms with Crippen LogP contribution in [0.4, 0.5) is 0 Å². The minimum atomic E-state index is -3.25. The number of hydrogen-bond acceptors (Lipinski definition) is 3. The Bertz CT molecular complexity index is 518. The largest absolute Gasteiger partial charge is 0.315 e. The van der Waals surface area contributed by atoms with Crippen LogP contribution in [0.1, 0.15) is 31.4 Å². The molecule has 0 saturated carbocycles. The highest BCUT2D eigenvalue weighted by atomic mass is 32.2. The maximum atomic E-state index is 12.3. The van der Waals surface area contributed by atoms with Crippen LogP contribution >= 0.6 is 0 Å². The molecule has 0 saturated heterocycles. The second-order valence-corrected chi connectivity index (χ2v) is 7.68. The molecule has 0 spiro atoms. The maximum Gasteiger partial charge on any atom is 0.215 e. The van der Waals surface area contributed by atoms with E-state index in [1.165, 1.54) is 11.1 Å². The van der Waals surface area contributed by atoms with Crippen molar-refractivity contribution in [2.24, 2.45) is 0 Å². The molecule has 4 nitrogen and oxygen atoms in total. The van der Waals surface area contributed by atoms with Crippen LogP contribution in [0.25, 0.3) is 0 Å². The number of hydrogen-bond donors (Lipinski definition) is 2. The average Bonchev–Trinajstić information content (AvgIpc) is 2.80. The molecular formula is C15H24N2O2S. The van der Waals surface area contributed by atoms with E-state index in [2.05, 4.69) is 29.1 Å². The number of sulfonamides is 1. The minimum absolute atomic E-state index is 0.00558. The molecule has 0 fully saturated rings. The number of fused-ring (bicyclic) bond motifs is 1. The van der Waals surface area contributed by atoms with Gasteiger partial charge in [0.1, 0.15) is 0 Å². The molecule has 1 unspecified atom stereocenters. The summed E-state index contributed by atoms with van der Waals surface area (Å²) in [6.45, 7) is 5.19. The van der Waals surface area contributed by atoms with Gasteiger partial charge in [-0.25, -0.2) is 13.1 Å². The molecule has 5 heteroatoms. The first-order chi connectivity index (χ1) is 9.53. The number of nitrogens with one attached hydrogen (secondary N) is 2. The van der Waals surface area contributed by atoms with Crippen molar-refractivity contribution in [1.82, 2.24) is 10.0 Å². The first-order valence-corrected chi connectivity index (χ1v) is 8.86. The summed E-state index contributed by atoms with van der Waals surface area (Å²) >= 11 is 0. The molecule has 0 amide bonds. The fraction of sp³-hybridized carbons (Fsp3) is 0.600. The van der Waals surface area contributed by atoms with Crippen molar-refractivity contribution in [2.45, 2.75) is 44.4 Å². The number of rotatable bonds is 7. The Morgan fingerprint density at radius 2 is 1.85 bits per heavy atom. The van der Waals surface area contributed by atoms with E-state index < -0.39 is 15.3 Å². The van der Waals surface area contributed by atoms with Gasteiger partial charge in [-0.3, -0.25) is 0 Å². The summed E-state index contributed by atoms with van der Waals surface area (Å²) in [5.41, 5.74) is 2.52. The van der Waals surface area contributed by atoms with E-state index in [-0.39, 0.29) is 6.04 Å². The van der Waals surface area contributed by atoms with E-state index in [9.17, 15) is 8.42 Å². The van der Waals surface area contributed by atoms with Crippen LogP contribution in [0.5, 0.6) is 0 Å². The first-order valence-electron chi connectivity index (χ1n) is 7.31. The summed E-state index contributed by atoms with van der Waals surface area (Å²) in [6.07, 6.45) is 2.60. The fourth-order valence-electron chi connectivity index (χ4n) is 2.58. The van der Waals surface area contributed by atoms with Gasteiger partial charge in [0.15, 0.2) is 0 Å². The molecule has 0 aliphatic heterocycles. The fourth-order valence-corrected chi connectivity index (χ4v) is 3.78. The summed E-state index contributed by atoms with van der Waals surface area (Å²) in [6, 6.07) is 8.18. The van der Waals surface area contributed by atoms with Gasteiger partial charge in [0.2, 0.25) is 10.0 Å². The Morgan fingerprint density at radius 3 is 2.40 bits per heavy atom. The lowest BCUT2D eigenvalue weighted by Crippen LogP contribution is -2.44. The van der Waals surface area contributed by atoms with Gasteiger partial charge in [0, 0.05) is 12.6 Å². The zero-order valence-corrected chi connectivity index (χ0v) is 13.0. The Hall–Kier alpha value is -0.910. The second-order valence-electron chi connectivity index (χ2n) is 5.55. The molecule has 1 atom stereocenters.